The Labute approximate surface area is 102 Å². The van der Waals surface area contributed by atoms with Crippen LogP contribution in [0.1, 0.15) is 41.6 Å². The molecule has 7 heteroatoms. The van der Waals surface area contributed by atoms with Crippen LogP contribution >= 0.6 is 11.3 Å². The minimum Gasteiger partial charge on any atom is -0.191 e. The Morgan fingerprint density at radius 3 is 2.71 bits per heavy atom. The summed E-state index contributed by atoms with van der Waals surface area (Å²) < 4.78 is 1.67. The Morgan fingerprint density at radius 1 is 1.35 bits per heavy atom. The zero-order valence-electron chi connectivity index (χ0n) is 9.29. The number of nitrogens with zero attached hydrogens (tertiary/aromatic N) is 6. The van der Waals surface area contributed by atoms with Crippen LogP contribution in [0.2, 0.25) is 0 Å². The highest BCUT2D eigenvalue weighted by atomic mass is 32.1. The molecule has 2 aromatic heterocycles. The van der Waals surface area contributed by atoms with E-state index in [2.05, 4.69) is 26.6 Å². The van der Waals surface area contributed by atoms with Crippen molar-refractivity contribution in [3.8, 4) is 11.2 Å². The van der Waals surface area contributed by atoms with Crippen LogP contribution in [0.15, 0.2) is 0 Å². The van der Waals surface area contributed by atoms with Gasteiger partial charge >= 0.3 is 0 Å². The van der Waals surface area contributed by atoms with Gasteiger partial charge < -0.3 is 0 Å². The molecule has 17 heavy (non-hydrogen) atoms. The minimum atomic E-state index is 0.392. The van der Waals surface area contributed by atoms with Crippen molar-refractivity contribution in [1.29, 1.82) is 5.26 Å². The van der Waals surface area contributed by atoms with Gasteiger partial charge in [0, 0.05) is 5.92 Å². The van der Waals surface area contributed by atoms with E-state index in [1.54, 1.807) is 4.68 Å². The fraction of sp³-hybridized carbons (Fsp3) is 0.500. The summed E-state index contributed by atoms with van der Waals surface area (Å²) in [5, 5.41) is 26.6. The first kappa shape index (κ1) is 10.4. The van der Waals surface area contributed by atoms with Crippen LogP contribution in [-0.4, -0.2) is 25.2 Å². The average molecular weight is 246 g/mol. The quantitative estimate of drug-likeness (QED) is 0.803. The molecule has 0 unspecified atom stereocenters. The van der Waals surface area contributed by atoms with Crippen molar-refractivity contribution in [1.82, 2.24) is 25.2 Å². The molecule has 3 rings (SSSR count). The minimum absolute atomic E-state index is 0.392. The zero-order chi connectivity index (χ0) is 11.8. The second-order valence-corrected chi connectivity index (χ2v) is 5.24. The molecule has 1 fully saturated rings. The highest BCUT2D eigenvalue weighted by molar-refractivity contribution is 7.13. The third-order valence-corrected chi connectivity index (χ3v) is 3.81. The van der Waals surface area contributed by atoms with Gasteiger partial charge in [-0.05, 0) is 19.8 Å². The average Bonchev–Trinajstić information content (AvgIpc) is 2.82. The predicted molar refractivity (Wildman–Crippen MR) is 60.9 cm³/mol. The van der Waals surface area contributed by atoms with Crippen LogP contribution in [0.25, 0.3) is 5.13 Å². The van der Waals surface area contributed by atoms with Gasteiger partial charge in [-0.3, -0.25) is 0 Å². The number of rotatable bonds is 2. The van der Waals surface area contributed by atoms with Crippen LogP contribution in [0.5, 0.6) is 0 Å². The van der Waals surface area contributed by atoms with Crippen molar-refractivity contribution in [3.05, 3.63) is 16.4 Å². The van der Waals surface area contributed by atoms with E-state index in [1.807, 2.05) is 6.92 Å². The van der Waals surface area contributed by atoms with Gasteiger partial charge in [-0.2, -0.15) is 9.94 Å². The summed E-state index contributed by atoms with van der Waals surface area (Å²) in [4.78, 5) is 0. The SMILES string of the molecule is Cc1nnc(-n2nnc(C#N)c2C2CCC2)s1. The largest absolute Gasteiger partial charge is 0.234 e. The standard InChI is InChI=1S/C10H10N6S/c1-6-12-14-10(17-6)16-9(7-3-2-4-7)8(5-11)13-15-16/h7H,2-4H2,1H3. The summed E-state index contributed by atoms with van der Waals surface area (Å²) in [7, 11) is 0. The first-order valence-corrected chi connectivity index (χ1v) is 6.27. The molecule has 2 aromatic rings. The monoisotopic (exact) mass is 246 g/mol. The van der Waals surface area contributed by atoms with E-state index >= 15 is 0 Å². The normalized spacial score (nSPS) is 15.5. The summed E-state index contributed by atoms with van der Waals surface area (Å²) in [5.41, 5.74) is 1.32. The fourth-order valence-corrected chi connectivity index (χ4v) is 2.58. The summed E-state index contributed by atoms with van der Waals surface area (Å²) in [5.74, 6) is 0.392. The van der Waals surface area contributed by atoms with Crippen molar-refractivity contribution in [3.63, 3.8) is 0 Å². The third-order valence-electron chi connectivity index (χ3n) is 3.00. The van der Waals surface area contributed by atoms with Crippen molar-refractivity contribution in [2.75, 3.05) is 0 Å². The molecule has 0 atom stereocenters. The topological polar surface area (TPSA) is 80.3 Å². The van der Waals surface area contributed by atoms with Crippen LogP contribution in [0.4, 0.5) is 0 Å². The molecule has 6 nitrogen and oxygen atoms in total. The second kappa shape index (κ2) is 3.89. The Balaban J connectivity index is 2.10. The highest BCUT2D eigenvalue weighted by Gasteiger charge is 2.29. The molecule has 0 N–H and O–H groups in total. The van der Waals surface area contributed by atoms with E-state index < -0.39 is 0 Å². The van der Waals surface area contributed by atoms with Gasteiger partial charge in [0.2, 0.25) is 5.13 Å². The van der Waals surface area contributed by atoms with Crippen molar-refractivity contribution < 1.29 is 0 Å². The van der Waals surface area contributed by atoms with Crippen molar-refractivity contribution in [2.24, 2.45) is 0 Å². The third kappa shape index (κ3) is 1.61. The van der Waals surface area contributed by atoms with E-state index in [0.29, 0.717) is 16.7 Å². The molecule has 0 aromatic carbocycles. The summed E-state index contributed by atoms with van der Waals surface area (Å²) >= 11 is 1.46. The van der Waals surface area contributed by atoms with Crippen molar-refractivity contribution in [2.45, 2.75) is 32.1 Å². The molecule has 0 spiro atoms. The molecule has 2 heterocycles. The van der Waals surface area contributed by atoms with E-state index in [9.17, 15) is 0 Å². The summed E-state index contributed by atoms with van der Waals surface area (Å²) in [6, 6.07) is 2.10. The van der Waals surface area contributed by atoms with Gasteiger partial charge in [0.25, 0.3) is 0 Å². The molecule has 1 aliphatic rings. The molecule has 0 radical (unpaired) electrons. The van der Waals surface area contributed by atoms with Gasteiger partial charge in [-0.15, -0.1) is 15.3 Å². The Kier molecular flexibility index (Phi) is 2.37. The lowest BCUT2D eigenvalue weighted by Crippen LogP contribution is -2.15. The van der Waals surface area contributed by atoms with E-state index in [0.717, 1.165) is 23.5 Å². The molecule has 86 valence electrons. The number of hydrogen-bond acceptors (Lipinski definition) is 6. The number of hydrogen-bond donors (Lipinski definition) is 0. The highest BCUT2D eigenvalue weighted by Crippen LogP contribution is 2.38. The van der Waals surface area contributed by atoms with Gasteiger partial charge in [-0.1, -0.05) is 23.0 Å². The lowest BCUT2D eigenvalue weighted by atomic mass is 9.82. The van der Waals surface area contributed by atoms with Gasteiger partial charge in [0.05, 0.1) is 5.69 Å². The summed E-state index contributed by atoms with van der Waals surface area (Å²) in [6.07, 6.45) is 3.40. The maximum atomic E-state index is 9.05. The maximum Gasteiger partial charge on any atom is 0.234 e. The maximum absolute atomic E-state index is 9.05. The van der Waals surface area contributed by atoms with Crippen LogP contribution < -0.4 is 0 Å². The molecular weight excluding hydrogens is 236 g/mol. The second-order valence-electron chi connectivity index (χ2n) is 4.08. The first-order valence-electron chi connectivity index (χ1n) is 5.46. The van der Waals surface area contributed by atoms with Crippen LogP contribution in [-0.2, 0) is 0 Å². The molecule has 0 aliphatic heterocycles. The fourth-order valence-electron chi connectivity index (χ4n) is 1.93. The molecule has 1 aliphatic carbocycles. The Hall–Kier alpha value is -1.81. The van der Waals surface area contributed by atoms with Crippen molar-refractivity contribution >= 4 is 11.3 Å². The van der Waals surface area contributed by atoms with Gasteiger partial charge in [-0.25, -0.2) is 0 Å². The molecular formula is C10H10N6S. The molecule has 0 amide bonds. The predicted octanol–water partition coefficient (Wildman–Crippen LogP) is 1.57. The molecule has 0 bridgehead atoms. The summed E-state index contributed by atoms with van der Waals surface area (Å²) in [6.45, 7) is 1.90. The van der Waals surface area contributed by atoms with E-state index in [4.69, 9.17) is 5.26 Å². The Bertz CT molecular complexity index is 588. The van der Waals surface area contributed by atoms with E-state index in [1.165, 1.54) is 17.8 Å². The number of aromatic nitrogens is 5. The smallest absolute Gasteiger partial charge is 0.191 e. The van der Waals surface area contributed by atoms with Gasteiger partial charge in [0.15, 0.2) is 5.69 Å². The lowest BCUT2D eigenvalue weighted by molar-refractivity contribution is 0.402. The lowest BCUT2D eigenvalue weighted by Gasteiger charge is -2.24. The molecule has 0 saturated heterocycles. The number of aryl methyl sites for hydroxylation is 1. The van der Waals surface area contributed by atoms with Crippen LogP contribution in [0, 0.1) is 18.3 Å². The van der Waals surface area contributed by atoms with E-state index in [-0.39, 0.29) is 0 Å². The first-order chi connectivity index (χ1) is 8.29. The van der Waals surface area contributed by atoms with Gasteiger partial charge in [0.1, 0.15) is 11.1 Å². The van der Waals surface area contributed by atoms with Crippen LogP contribution in [0.3, 0.4) is 0 Å². The number of nitriles is 1. The molecule has 1 saturated carbocycles. The zero-order valence-corrected chi connectivity index (χ0v) is 10.1. The Morgan fingerprint density at radius 2 is 2.18 bits per heavy atom.